The molecule has 0 bridgehead atoms. The lowest BCUT2D eigenvalue weighted by Gasteiger charge is -2.14. The highest BCUT2D eigenvalue weighted by atomic mass is 16.4. The van der Waals surface area contributed by atoms with Gasteiger partial charge in [0.05, 0.1) is 12.1 Å². The summed E-state index contributed by atoms with van der Waals surface area (Å²) >= 11 is 0. The molecule has 4 N–H and O–H groups in total. The van der Waals surface area contributed by atoms with Gasteiger partial charge >= 0.3 is 11.7 Å². The molecule has 18 heavy (non-hydrogen) atoms. The van der Waals surface area contributed by atoms with Gasteiger partial charge < -0.3 is 15.8 Å². The van der Waals surface area contributed by atoms with E-state index in [0.29, 0.717) is 11.3 Å². The zero-order valence-electron chi connectivity index (χ0n) is 9.54. The first-order chi connectivity index (χ1) is 8.59. The Morgan fingerprint density at radius 3 is 2.78 bits per heavy atom. The summed E-state index contributed by atoms with van der Waals surface area (Å²) in [6.07, 6.45) is 2.91. The van der Waals surface area contributed by atoms with Gasteiger partial charge in [-0.25, -0.2) is 4.79 Å². The number of imidazole rings is 1. The van der Waals surface area contributed by atoms with Crippen molar-refractivity contribution in [1.82, 2.24) is 9.55 Å². The molecule has 1 unspecified atom stereocenters. The minimum atomic E-state index is -0.973. The molecule has 2 rings (SSSR count). The van der Waals surface area contributed by atoms with Crippen molar-refractivity contribution in [3.63, 3.8) is 0 Å². The van der Waals surface area contributed by atoms with E-state index in [0.717, 1.165) is 0 Å². The highest BCUT2D eigenvalue weighted by molar-refractivity contribution is 5.68. The molecule has 6 nitrogen and oxygen atoms in total. The van der Waals surface area contributed by atoms with Crippen LogP contribution < -0.4 is 11.4 Å². The SMILES string of the molecule is NC(CC(=O)O)c1ccccc1-n1cc[nH]c1=O. The standard InChI is InChI=1S/C12H13N3O3/c13-9(7-11(16)17)8-3-1-2-4-10(8)15-6-5-14-12(15)18/h1-6,9H,7,13H2,(H,14,18)(H,16,17). The van der Waals surface area contributed by atoms with Crippen LogP contribution in [0.15, 0.2) is 41.5 Å². The number of aromatic amines is 1. The first-order valence-corrected chi connectivity index (χ1v) is 5.42. The van der Waals surface area contributed by atoms with Crippen LogP contribution in [0.5, 0.6) is 0 Å². The quantitative estimate of drug-likeness (QED) is 0.737. The fraction of sp³-hybridized carbons (Fsp3) is 0.167. The first-order valence-electron chi connectivity index (χ1n) is 5.42. The van der Waals surface area contributed by atoms with Gasteiger partial charge in [0.1, 0.15) is 0 Å². The molecule has 1 aromatic carbocycles. The number of hydrogen-bond acceptors (Lipinski definition) is 3. The largest absolute Gasteiger partial charge is 0.481 e. The van der Waals surface area contributed by atoms with E-state index in [4.69, 9.17) is 10.8 Å². The maximum atomic E-state index is 11.6. The number of hydrogen-bond donors (Lipinski definition) is 3. The molecule has 1 atom stereocenters. The summed E-state index contributed by atoms with van der Waals surface area (Å²) in [5, 5.41) is 8.77. The van der Waals surface area contributed by atoms with Crippen molar-refractivity contribution in [3.8, 4) is 5.69 Å². The summed E-state index contributed by atoms with van der Waals surface area (Å²) in [5.41, 5.74) is 6.78. The van der Waals surface area contributed by atoms with Gasteiger partial charge in [-0.15, -0.1) is 0 Å². The first kappa shape index (κ1) is 12.1. The lowest BCUT2D eigenvalue weighted by atomic mass is 10.0. The van der Waals surface area contributed by atoms with Crippen molar-refractivity contribution in [2.45, 2.75) is 12.5 Å². The van der Waals surface area contributed by atoms with Crippen molar-refractivity contribution < 1.29 is 9.90 Å². The Labute approximate surface area is 103 Å². The monoisotopic (exact) mass is 247 g/mol. The second-order valence-corrected chi connectivity index (χ2v) is 3.90. The van der Waals surface area contributed by atoms with Gasteiger partial charge in [-0.05, 0) is 11.6 Å². The van der Waals surface area contributed by atoms with Gasteiger partial charge in [0.2, 0.25) is 0 Å². The van der Waals surface area contributed by atoms with E-state index in [1.165, 1.54) is 10.8 Å². The topological polar surface area (TPSA) is 101 Å². The van der Waals surface area contributed by atoms with Crippen LogP contribution in [0, 0.1) is 0 Å². The van der Waals surface area contributed by atoms with Crippen LogP contribution in [0.25, 0.3) is 5.69 Å². The molecule has 0 saturated carbocycles. The minimum Gasteiger partial charge on any atom is -0.481 e. The predicted molar refractivity (Wildman–Crippen MR) is 65.6 cm³/mol. The zero-order valence-corrected chi connectivity index (χ0v) is 9.54. The Balaban J connectivity index is 2.47. The third-order valence-corrected chi connectivity index (χ3v) is 2.64. The van der Waals surface area contributed by atoms with E-state index < -0.39 is 12.0 Å². The number of nitrogens with zero attached hydrogens (tertiary/aromatic N) is 1. The van der Waals surface area contributed by atoms with Gasteiger partial charge in [-0.2, -0.15) is 0 Å². The summed E-state index contributed by atoms with van der Waals surface area (Å²) in [6.45, 7) is 0. The molecular formula is C12H13N3O3. The van der Waals surface area contributed by atoms with Crippen molar-refractivity contribution in [1.29, 1.82) is 0 Å². The summed E-state index contributed by atoms with van der Waals surface area (Å²) < 4.78 is 1.40. The number of nitrogens with one attached hydrogen (secondary N) is 1. The van der Waals surface area contributed by atoms with Crippen molar-refractivity contribution in [2.75, 3.05) is 0 Å². The summed E-state index contributed by atoms with van der Waals surface area (Å²) in [5.74, 6) is -0.973. The van der Waals surface area contributed by atoms with Crippen LogP contribution in [-0.4, -0.2) is 20.6 Å². The van der Waals surface area contributed by atoms with E-state index >= 15 is 0 Å². The number of aliphatic carboxylic acids is 1. The number of nitrogens with two attached hydrogens (primary N) is 1. The number of carboxylic acid groups (broad SMARTS) is 1. The molecule has 0 aliphatic carbocycles. The molecule has 0 amide bonds. The zero-order chi connectivity index (χ0) is 13.1. The second-order valence-electron chi connectivity index (χ2n) is 3.90. The molecule has 0 saturated heterocycles. The molecule has 0 radical (unpaired) electrons. The number of H-pyrrole nitrogens is 1. The normalized spacial score (nSPS) is 12.3. The summed E-state index contributed by atoms with van der Waals surface area (Å²) in [7, 11) is 0. The van der Waals surface area contributed by atoms with Gasteiger partial charge in [-0.1, -0.05) is 18.2 Å². The molecular weight excluding hydrogens is 234 g/mol. The van der Waals surface area contributed by atoms with E-state index in [1.807, 2.05) is 0 Å². The van der Waals surface area contributed by atoms with Crippen LogP contribution in [0.2, 0.25) is 0 Å². The van der Waals surface area contributed by atoms with Crippen molar-refractivity contribution in [3.05, 3.63) is 52.7 Å². The number of benzene rings is 1. The number of rotatable bonds is 4. The fourth-order valence-electron chi connectivity index (χ4n) is 1.83. The van der Waals surface area contributed by atoms with E-state index in [1.54, 1.807) is 30.5 Å². The second kappa shape index (κ2) is 4.89. The number of carbonyl (C=O) groups is 1. The molecule has 94 valence electrons. The van der Waals surface area contributed by atoms with E-state index in [2.05, 4.69) is 4.98 Å². The van der Waals surface area contributed by atoms with Gasteiger partial charge in [0.15, 0.2) is 0 Å². The smallest absolute Gasteiger partial charge is 0.330 e. The average molecular weight is 247 g/mol. The lowest BCUT2D eigenvalue weighted by molar-refractivity contribution is -0.137. The molecule has 6 heteroatoms. The fourth-order valence-corrected chi connectivity index (χ4v) is 1.83. The summed E-state index contributed by atoms with van der Waals surface area (Å²) in [6, 6.07) is 6.33. The Kier molecular flexibility index (Phi) is 3.29. The van der Waals surface area contributed by atoms with Gasteiger partial charge in [0, 0.05) is 18.4 Å². The molecule has 1 heterocycles. The molecule has 0 aliphatic rings. The molecule has 2 aromatic rings. The lowest BCUT2D eigenvalue weighted by Crippen LogP contribution is -2.21. The van der Waals surface area contributed by atoms with Crippen LogP contribution in [0.4, 0.5) is 0 Å². The van der Waals surface area contributed by atoms with E-state index in [9.17, 15) is 9.59 Å². The third-order valence-electron chi connectivity index (χ3n) is 2.64. The predicted octanol–water partition coefficient (Wildman–Crippen LogP) is 0.640. The van der Waals surface area contributed by atoms with Crippen LogP contribution in [0.1, 0.15) is 18.0 Å². The van der Waals surface area contributed by atoms with Crippen LogP contribution >= 0.6 is 0 Å². The maximum Gasteiger partial charge on any atom is 0.330 e. The number of para-hydroxylation sites is 1. The third kappa shape index (κ3) is 2.33. The Hall–Kier alpha value is -2.34. The Bertz CT molecular complexity index is 615. The minimum absolute atomic E-state index is 0.184. The molecule has 0 spiro atoms. The van der Waals surface area contributed by atoms with Crippen LogP contribution in [0.3, 0.4) is 0 Å². The molecule has 0 aliphatic heterocycles. The highest BCUT2D eigenvalue weighted by Gasteiger charge is 2.15. The van der Waals surface area contributed by atoms with Crippen molar-refractivity contribution >= 4 is 5.97 Å². The Morgan fingerprint density at radius 1 is 1.44 bits per heavy atom. The average Bonchev–Trinajstić information content (AvgIpc) is 2.74. The molecule has 1 aromatic heterocycles. The van der Waals surface area contributed by atoms with Crippen molar-refractivity contribution in [2.24, 2.45) is 5.73 Å². The van der Waals surface area contributed by atoms with E-state index in [-0.39, 0.29) is 12.1 Å². The maximum absolute atomic E-state index is 11.6. The van der Waals surface area contributed by atoms with Crippen LogP contribution in [-0.2, 0) is 4.79 Å². The Morgan fingerprint density at radius 2 is 2.17 bits per heavy atom. The molecule has 0 fully saturated rings. The number of carboxylic acids is 1. The highest BCUT2D eigenvalue weighted by Crippen LogP contribution is 2.21. The van der Waals surface area contributed by atoms with Gasteiger partial charge in [0.25, 0.3) is 0 Å². The number of aromatic nitrogens is 2. The van der Waals surface area contributed by atoms with Gasteiger partial charge in [-0.3, -0.25) is 9.36 Å². The summed E-state index contributed by atoms with van der Waals surface area (Å²) in [4.78, 5) is 24.8.